The number of rotatable bonds is 6. The van der Waals surface area contributed by atoms with Gasteiger partial charge < -0.3 is 5.32 Å². The summed E-state index contributed by atoms with van der Waals surface area (Å²) in [7, 11) is 0. The smallest absolute Gasteiger partial charge is 0.230 e. The highest BCUT2D eigenvalue weighted by atomic mass is 32.1. The number of piperidine rings is 1. The van der Waals surface area contributed by atoms with Crippen molar-refractivity contribution in [1.29, 1.82) is 0 Å². The normalized spacial score (nSPS) is 16.0. The van der Waals surface area contributed by atoms with Gasteiger partial charge in [0.05, 0.1) is 11.4 Å². The predicted octanol–water partition coefficient (Wildman–Crippen LogP) is 4.10. The Labute approximate surface area is 166 Å². The summed E-state index contributed by atoms with van der Waals surface area (Å²) in [6.07, 6.45) is 2.36. The Morgan fingerprint density at radius 1 is 1.30 bits per heavy atom. The highest BCUT2D eigenvalue weighted by molar-refractivity contribution is 7.14. The Balaban J connectivity index is 1.63. The second-order valence-corrected chi connectivity index (χ2v) is 8.52. The Morgan fingerprint density at radius 2 is 1.96 bits per heavy atom. The van der Waals surface area contributed by atoms with Gasteiger partial charge in [0.1, 0.15) is 0 Å². The molecule has 2 aromatic rings. The van der Waals surface area contributed by atoms with Crippen LogP contribution in [0.4, 0.5) is 10.8 Å². The van der Waals surface area contributed by atoms with Crippen LogP contribution in [0.25, 0.3) is 0 Å². The molecule has 0 saturated carbocycles. The van der Waals surface area contributed by atoms with E-state index < -0.39 is 0 Å². The van der Waals surface area contributed by atoms with Crippen LogP contribution in [-0.4, -0.2) is 41.0 Å². The number of benzene rings is 1. The average Bonchev–Trinajstić information content (AvgIpc) is 3.06. The van der Waals surface area contributed by atoms with E-state index in [0.29, 0.717) is 12.1 Å². The minimum Gasteiger partial charge on any atom is -0.312 e. The zero-order chi connectivity index (χ0) is 19.4. The molecule has 146 valence electrons. The number of thiazole rings is 1. The molecule has 0 radical (unpaired) electrons. The maximum absolute atomic E-state index is 12.2. The second-order valence-electron chi connectivity index (χ2n) is 7.68. The number of carbonyl (C=O) groups is 1. The van der Waals surface area contributed by atoms with Gasteiger partial charge in [-0.3, -0.25) is 14.6 Å². The molecule has 1 amide bonds. The zero-order valence-electron chi connectivity index (χ0n) is 16.7. The molecule has 6 heteroatoms. The third-order valence-corrected chi connectivity index (χ3v) is 5.75. The second kappa shape index (κ2) is 8.95. The Kier molecular flexibility index (Phi) is 6.63. The molecule has 0 aliphatic carbocycles. The van der Waals surface area contributed by atoms with Crippen LogP contribution in [-0.2, 0) is 11.3 Å². The lowest BCUT2D eigenvalue weighted by atomic mass is 10.0. The van der Waals surface area contributed by atoms with Crippen LogP contribution in [0.5, 0.6) is 0 Å². The van der Waals surface area contributed by atoms with Gasteiger partial charge >= 0.3 is 0 Å². The summed E-state index contributed by atoms with van der Waals surface area (Å²) in [5.41, 5.74) is 3.09. The van der Waals surface area contributed by atoms with E-state index in [1.165, 1.54) is 29.7 Å². The molecule has 1 aliphatic rings. The maximum atomic E-state index is 12.2. The summed E-state index contributed by atoms with van der Waals surface area (Å²) < 4.78 is 0. The predicted molar refractivity (Wildman–Crippen MR) is 113 cm³/mol. The molecule has 1 fully saturated rings. The molecule has 0 spiro atoms. The lowest BCUT2D eigenvalue weighted by molar-refractivity contribution is -0.115. The van der Waals surface area contributed by atoms with E-state index in [4.69, 9.17) is 4.98 Å². The van der Waals surface area contributed by atoms with E-state index in [9.17, 15) is 4.79 Å². The van der Waals surface area contributed by atoms with E-state index in [1.807, 2.05) is 31.2 Å². The van der Waals surface area contributed by atoms with Crippen LogP contribution in [0.15, 0.2) is 29.6 Å². The van der Waals surface area contributed by atoms with Gasteiger partial charge in [0.15, 0.2) is 5.13 Å². The molecular weight excluding hydrogens is 356 g/mol. The molecule has 1 aromatic heterocycles. The fourth-order valence-electron chi connectivity index (χ4n) is 3.55. The Morgan fingerprint density at radius 3 is 2.56 bits per heavy atom. The number of nitrogens with zero attached hydrogens (tertiary/aromatic N) is 3. The summed E-state index contributed by atoms with van der Waals surface area (Å²) in [5.74, 6) is -0.0136. The quantitative estimate of drug-likeness (QED) is 0.812. The van der Waals surface area contributed by atoms with Gasteiger partial charge in [-0.2, -0.15) is 0 Å². The van der Waals surface area contributed by atoms with Crippen LogP contribution in [0, 0.1) is 6.92 Å². The van der Waals surface area contributed by atoms with Gasteiger partial charge in [0.2, 0.25) is 5.91 Å². The van der Waals surface area contributed by atoms with Crippen LogP contribution in [0.1, 0.15) is 44.9 Å². The minimum atomic E-state index is -0.0136. The summed E-state index contributed by atoms with van der Waals surface area (Å²) in [5, 5.41) is 6.46. The van der Waals surface area contributed by atoms with Crippen molar-refractivity contribution in [2.45, 2.75) is 59.2 Å². The van der Waals surface area contributed by atoms with Crippen molar-refractivity contribution >= 4 is 28.1 Å². The molecule has 0 unspecified atom stereocenters. The first-order valence-electron chi connectivity index (χ1n) is 9.72. The molecule has 0 atom stereocenters. The van der Waals surface area contributed by atoms with Gasteiger partial charge in [0, 0.05) is 44.0 Å². The van der Waals surface area contributed by atoms with Crippen LogP contribution < -0.4 is 10.2 Å². The Hall–Kier alpha value is -1.76. The number of aryl methyl sites for hydroxylation is 1. The lowest BCUT2D eigenvalue weighted by Gasteiger charge is -2.33. The molecule has 1 aliphatic heterocycles. The first-order valence-corrected chi connectivity index (χ1v) is 10.6. The van der Waals surface area contributed by atoms with Gasteiger partial charge in [-0.1, -0.05) is 31.5 Å². The standard InChI is InChI=1S/C21H30N4OS/c1-15(2)22-18-9-11-24(12-10-18)13-19-14-27-21(23-19)25(17(4)26)20-7-5-16(3)6-8-20/h5-8,14-15,18,22H,9-13H2,1-4H3. The largest absolute Gasteiger partial charge is 0.312 e. The van der Waals surface area contributed by atoms with Crippen LogP contribution >= 0.6 is 11.3 Å². The summed E-state index contributed by atoms with van der Waals surface area (Å²) in [6, 6.07) is 9.17. The SMILES string of the molecule is CC(=O)N(c1ccc(C)cc1)c1nc(CN2CCC(NC(C)C)CC2)cs1. The van der Waals surface area contributed by atoms with E-state index in [1.54, 1.807) is 11.8 Å². The van der Waals surface area contributed by atoms with E-state index in [2.05, 4.69) is 29.4 Å². The highest BCUT2D eigenvalue weighted by Gasteiger charge is 2.22. The van der Waals surface area contributed by atoms with Gasteiger partial charge in [0.25, 0.3) is 0 Å². The number of nitrogens with one attached hydrogen (secondary N) is 1. The van der Waals surface area contributed by atoms with Crippen molar-refractivity contribution < 1.29 is 4.79 Å². The fraction of sp³-hybridized carbons (Fsp3) is 0.524. The molecule has 27 heavy (non-hydrogen) atoms. The Bertz CT molecular complexity index is 748. The van der Waals surface area contributed by atoms with Gasteiger partial charge in [-0.25, -0.2) is 4.98 Å². The fourth-order valence-corrected chi connectivity index (χ4v) is 4.43. The number of hydrogen-bond acceptors (Lipinski definition) is 5. The summed E-state index contributed by atoms with van der Waals surface area (Å²) in [4.78, 5) is 21.1. The number of amides is 1. The average molecular weight is 387 g/mol. The summed E-state index contributed by atoms with van der Waals surface area (Å²) in [6.45, 7) is 11.1. The molecular formula is C21H30N4OS. The van der Waals surface area contributed by atoms with Crippen molar-refractivity contribution in [2.24, 2.45) is 0 Å². The van der Waals surface area contributed by atoms with Crippen molar-refractivity contribution in [3.8, 4) is 0 Å². The number of anilines is 2. The van der Waals surface area contributed by atoms with Crippen LogP contribution in [0.2, 0.25) is 0 Å². The lowest BCUT2D eigenvalue weighted by Crippen LogP contribution is -2.44. The monoisotopic (exact) mass is 386 g/mol. The molecule has 2 heterocycles. The molecule has 1 aromatic carbocycles. The maximum Gasteiger partial charge on any atom is 0.230 e. The van der Waals surface area contributed by atoms with Gasteiger partial charge in [-0.15, -0.1) is 11.3 Å². The molecule has 5 nitrogen and oxygen atoms in total. The molecule has 1 saturated heterocycles. The highest BCUT2D eigenvalue weighted by Crippen LogP contribution is 2.29. The summed E-state index contributed by atoms with van der Waals surface area (Å²) >= 11 is 1.54. The van der Waals surface area contributed by atoms with Crippen molar-refractivity contribution in [3.63, 3.8) is 0 Å². The third kappa shape index (κ3) is 5.37. The van der Waals surface area contributed by atoms with E-state index >= 15 is 0 Å². The number of hydrogen-bond donors (Lipinski definition) is 1. The van der Waals surface area contributed by atoms with Crippen molar-refractivity contribution in [2.75, 3.05) is 18.0 Å². The van der Waals surface area contributed by atoms with Gasteiger partial charge in [-0.05, 0) is 31.9 Å². The molecule has 1 N–H and O–H groups in total. The van der Waals surface area contributed by atoms with Crippen molar-refractivity contribution in [1.82, 2.24) is 15.2 Å². The number of carbonyl (C=O) groups excluding carboxylic acids is 1. The van der Waals surface area contributed by atoms with Crippen LogP contribution in [0.3, 0.4) is 0 Å². The number of likely N-dealkylation sites (tertiary alicyclic amines) is 1. The topological polar surface area (TPSA) is 48.5 Å². The molecule has 0 bridgehead atoms. The number of aromatic nitrogens is 1. The van der Waals surface area contributed by atoms with E-state index in [0.717, 1.165) is 36.1 Å². The van der Waals surface area contributed by atoms with E-state index in [-0.39, 0.29) is 5.91 Å². The minimum absolute atomic E-state index is 0.0136. The molecule has 3 rings (SSSR count). The van der Waals surface area contributed by atoms with Crippen molar-refractivity contribution in [3.05, 3.63) is 40.9 Å². The first-order chi connectivity index (χ1) is 12.9. The first kappa shape index (κ1) is 20.0. The zero-order valence-corrected chi connectivity index (χ0v) is 17.6. The third-order valence-electron chi connectivity index (χ3n) is 4.88.